The van der Waals surface area contributed by atoms with Crippen molar-refractivity contribution < 1.29 is 36.1 Å². The topological polar surface area (TPSA) is 138 Å². The number of likely N-dealkylation sites (N-methyl/N-ethyl adjacent to an activating group) is 2. The van der Waals surface area contributed by atoms with E-state index in [4.69, 9.17) is 17.5 Å². The minimum atomic E-state index is -5.17. The highest BCUT2D eigenvalue weighted by molar-refractivity contribution is 7.79. The van der Waals surface area contributed by atoms with E-state index >= 15 is 0 Å². The van der Waals surface area contributed by atoms with E-state index in [1.54, 1.807) is 0 Å². The molecule has 0 fully saturated rings. The van der Waals surface area contributed by atoms with Crippen molar-refractivity contribution in [3.8, 4) is 0 Å². The van der Waals surface area contributed by atoms with Crippen LogP contribution in [0.25, 0.3) is 0 Å². The zero-order valence-corrected chi connectivity index (χ0v) is 34.4. The first-order chi connectivity index (χ1) is 23.2. The third-order valence-electron chi connectivity index (χ3n) is 10.0. The summed E-state index contributed by atoms with van der Waals surface area (Å²) in [5, 5.41) is 6.16. The van der Waals surface area contributed by atoms with Crippen LogP contribution in [0.1, 0.15) is 170 Å². The molecular weight excluding hydrogens is 641 g/mol. The van der Waals surface area contributed by atoms with Crippen molar-refractivity contribution in [2.24, 2.45) is 0 Å². The fourth-order valence-corrected chi connectivity index (χ4v) is 5.38. The van der Waals surface area contributed by atoms with E-state index in [2.05, 4.69) is 66.3 Å². The number of quaternary nitrogens is 2. The van der Waals surface area contributed by atoms with Crippen LogP contribution >= 0.6 is 0 Å². The first-order valence-corrected chi connectivity index (χ1v) is 21.4. The van der Waals surface area contributed by atoms with Gasteiger partial charge in [-0.3, -0.25) is 18.0 Å². The largest absolute Gasteiger partial charge is 0.759 e. The molecular formula is C38H82N4O6S. The quantitative estimate of drug-likeness (QED) is 0.0338. The van der Waals surface area contributed by atoms with Crippen molar-refractivity contribution in [3.63, 3.8) is 0 Å². The van der Waals surface area contributed by atoms with Gasteiger partial charge in [-0.2, -0.15) is 0 Å². The van der Waals surface area contributed by atoms with Gasteiger partial charge in [-0.1, -0.05) is 117 Å². The van der Waals surface area contributed by atoms with Gasteiger partial charge in [0.25, 0.3) is 0 Å². The molecule has 2 amide bonds. The molecule has 11 heteroatoms. The number of unbranched alkanes of at least 4 members (excludes halogenated alkanes) is 16. The minimum Gasteiger partial charge on any atom is -0.759 e. The van der Waals surface area contributed by atoms with Crippen LogP contribution in [0.4, 0.5) is 0 Å². The van der Waals surface area contributed by atoms with Crippen LogP contribution in [0.2, 0.25) is 0 Å². The second kappa shape index (κ2) is 35.1. The van der Waals surface area contributed by atoms with Gasteiger partial charge in [0.15, 0.2) is 0 Å². The number of hydrogen-bond donors (Lipinski definition) is 2. The molecule has 49 heavy (non-hydrogen) atoms. The number of rotatable bonds is 30. The summed E-state index contributed by atoms with van der Waals surface area (Å²) in [5.41, 5.74) is 0. The van der Waals surface area contributed by atoms with E-state index in [1.807, 2.05) is 0 Å². The Morgan fingerprint density at radius 1 is 0.469 bits per heavy atom. The van der Waals surface area contributed by atoms with Crippen molar-refractivity contribution in [3.05, 3.63) is 0 Å². The summed E-state index contributed by atoms with van der Waals surface area (Å²) in [6.07, 6.45) is 24.9. The molecule has 0 aromatic heterocycles. The number of hydrogen-bond acceptors (Lipinski definition) is 6. The zero-order valence-electron chi connectivity index (χ0n) is 33.6. The first-order valence-electron chi connectivity index (χ1n) is 20.0. The molecule has 0 radical (unpaired) electrons. The lowest BCUT2D eigenvalue weighted by Crippen LogP contribution is -2.48. The molecule has 0 rings (SSSR count). The van der Waals surface area contributed by atoms with E-state index in [-0.39, 0.29) is 11.8 Å². The summed E-state index contributed by atoms with van der Waals surface area (Å²) in [4.78, 5) is 23.6. The Labute approximate surface area is 304 Å². The molecule has 0 aliphatic heterocycles. The maximum absolute atomic E-state index is 11.8. The summed E-state index contributed by atoms with van der Waals surface area (Å²) < 4.78 is 36.2. The number of nitrogens with one attached hydrogen (secondary N) is 2. The normalized spacial score (nSPS) is 11.6. The second-order valence-electron chi connectivity index (χ2n) is 14.2. The van der Waals surface area contributed by atoms with Crippen LogP contribution in [0.15, 0.2) is 0 Å². The van der Waals surface area contributed by atoms with Gasteiger partial charge in [0.1, 0.15) is 0 Å². The van der Waals surface area contributed by atoms with Crippen molar-refractivity contribution in [1.82, 2.24) is 10.6 Å². The molecule has 0 spiro atoms. The number of nitrogens with zero attached hydrogens (tertiary/aromatic N) is 2. The molecule has 296 valence electrons. The smallest absolute Gasteiger partial charge is 0.220 e. The average molecular weight is 723 g/mol. The van der Waals surface area contributed by atoms with Gasteiger partial charge in [0.2, 0.25) is 11.8 Å². The molecule has 0 aliphatic rings. The van der Waals surface area contributed by atoms with Crippen LogP contribution in [0.5, 0.6) is 0 Å². The molecule has 0 saturated heterocycles. The van der Waals surface area contributed by atoms with E-state index < -0.39 is 10.4 Å². The molecule has 0 aromatic carbocycles. The molecule has 0 bridgehead atoms. The summed E-state index contributed by atoms with van der Waals surface area (Å²) >= 11 is 0. The van der Waals surface area contributed by atoms with Gasteiger partial charge in [0.05, 0.1) is 66.5 Å². The van der Waals surface area contributed by atoms with Crippen molar-refractivity contribution >= 4 is 22.2 Å². The third-order valence-corrected chi connectivity index (χ3v) is 10.0. The van der Waals surface area contributed by atoms with Crippen LogP contribution in [-0.2, 0) is 20.0 Å². The molecule has 0 aliphatic carbocycles. The number of amides is 2. The lowest BCUT2D eigenvalue weighted by Gasteiger charge is -2.32. The molecule has 0 atom stereocenters. The fourth-order valence-electron chi connectivity index (χ4n) is 5.38. The van der Waals surface area contributed by atoms with Crippen LogP contribution in [-0.4, -0.2) is 105 Å². The van der Waals surface area contributed by atoms with Crippen molar-refractivity contribution in [2.45, 2.75) is 170 Å². The van der Waals surface area contributed by atoms with Crippen LogP contribution in [0.3, 0.4) is 0 Å². The standard InChI is InChI=1S/2C19H40N2O.H2O4S/c2*1-5-8-9-10-11-12-13-14-15-16-19(22)20-17-18-21(4,6-2)7-3;1-5(2,3)4/h2*5-18H2,1-4H3;(H2,1,2,3,4). The van der Waals surface area contributed by atoms with E-state index in [0.717, 1.165) is 74.2 Å². The van der Waals surface area contributed by atoms with Gasteiger partial charge in [-0.15, -0.1) is 0 Å². The molecule has 10 nitrogen and oxygen atoms in total. The SMILES string of the molecule is CCCCCCCCCCCC(=O)NCC[N+](C)(CC)CC.CCCCCCCCCCCC(=O)NCC[N+](C)(CC)CC.O=S(=O)([O-])[O-]. The molecule has 2 N–H and O–H groups in total. The third kappa shape index (κ3) is 42.8. The molecule has 0 unspecified atom stereocenters. The van der Waals surface area contributed by atoms with Gasteiger partial charge >= 0.3 is 0 Å². The van der Waals surface area contributed by atoms with E-state index in [1.165, 1.54) is 103 Å². The highest BCUT2D eigenvalue weighted by Crippen LogP contribution is 2.11. The lowest BCUT2D eigenvalue weighted by molar-refractivity contribution is -0.904. The predicted molar refractivity (Wildman–Crippen MR) is 204 cm³/mol. The Morgan fingerprint density at radius 2 is 0.694 bits per heavy atom. The monoisotopic (exact) mass is 723 g/mol. The molecule has 0 aromatic rings. The molecule has 0 heterocycles. The summed E-state index contributed by atoms with van der Waals surface area (Å²) in [6, 6.07) is 0. The Bertz CT molecular complexity index is 787. The maximum atomic E-state index is 11.8. The second-order valence-corrected chi connectivity index (χ2v) is 15.0. The highest BCUT2D eigenvalue weighted by Gasteiger charge is 2.16. The summed E-state index contributed by atoms with van der Waals surface area (Å²) in [5.74, 6) is 0.475. The number of carbonyl (C=O) groups is 2. The van der Waals surface area contributed by atoms with Gasteiger partial charge in [-0.25, -0.2) is 0 Å². The van der Waals surface area contributed by atoms with E-state index in [0.29, 0.717) is 12.8 Å². The van der Waals surface area contributed by atoms with E-state index in [9.17, 15) is 9.59 Å². The zero-order chi connectivity index (χ0) is 37.9. The number of carbonyl (C=O) groups excluding carboxylic acids is 2. The minimum absolute atomic E-state index is 0.238. The Balaban J connectivity index is -0.000000757. The van der Waals surface area contributed by atoms with Crippen molar-refractivity contribution in [2.75, 3.05) is 66.5 Å². The Morgan fingerprint density at radius 3 is 0.918 bits per heavy atom. The lowest BCUT2D eigenvalue weighted by atomic mass is 10.1. The van der Waals surface area contributed by atoms with Gasteiger partial charge < -0.3 is 28.7 Å². The fraction of sp³-hybridized carbons (Fsp3) is 0.947. The summed E-state index contributed by atoms with van der Waals surface area (Å²) in [7, 11) is -0.653. The highest BCUT2D eigenvalue weighted by atomic mass is 32.3. The summed E-state index contributed by atoms with van der Waals surface area (Å²) in [6.45, 7) is 21.6. The maximum Gasteiger partial charge on any atom is 0.220 e. The Kier molecular flexibility index (Phi) is 37.4. The van der Waals surface area contributed by atoms with Gasteiger partial charge in [0, 0.05) is 23.2 Å². The predicted octanol–water partition coefficient (Wildman–Crippen LogP) is 7.68. The van der Waals surface area contributed by atoms with Crippen LogP contribution in [0, 0.1) is 0 Å². The van der Waals surface area contributed by atoms with Gasteiger partial charge in [-0.05, 0) is 40.5 Å². The first kappa shape index (κ1) is 52.1. The molecule has 0 saturated carbocycles. The van der Waals surface area contributed by atoms with Crippen molar-refractivity contribution in [1.29, 1.82) is 0 Å². The van der Waals surface area contributed by atoms with Crippen LogP contribution < -0.4 is 10.6 Å². The average Bonchev–Trinajstić information content (AvgIpc) is 3.06. The Hall–Kier alpha value is -1.27.